The normalized spacial score (nSPS) is 33.9. The molecule has 0 aromatic heterocycles. The summed E-state index contributed by atoms with van der Waals surface area (Å²) in [4.78, 5) is 2.68. The first-order valence-electron chi connectivity index (χ1n) is 7.36. The first kappa shape index (κ1) is 10.8. The molecular weight excluding hydrogens is 218 g/mol. The van der Waals surface area contributed by atoms with Crippen molar-refractivity contribution in [3.05, 3.63) is 47.5 Å². The largest absolute Gasteiger partial charge is 0.298 e. The molecule has 1 aromatic rings. The van der Waals surface area contributed by atoms with Crippen LogP contribution in [0.25, 0.3) is 0 Å². The van der Waals surface area contributed by atoms with Gasteiger partial charge in [0.1, 0.15) is 0 Å². The molecule has 0 amide bonds. The van der Waals surface area contributed by atoms with E-state index in [0.717, 1.165) is 17.8 Å². The van der Waals surface area contributed by atoms with Gasteiger partial charge < -0.3 is 0 Å². The van der Waals surface area contributed by atoms with E-state index in [0.29, 0.717) is 0 Å². The zero-order valence-electron chi connectivity index (χ0n) is 10.9. The average molecular weight is 239 g/mol. The smallest absolute Gasteiger partial charge is 0.0236 e. The second-order valence-corrected chi connectivity index (χ2v) is 6.29. The molecule has 0 N–H and O–H groups in total. The topological polar surface area (TPSA) is 3.24 Å². The molecule has 2 aliphatic carbocycles. The number of hydrogen-bond donors (Lipinski definition) is 0. The number of benzene rings is 1. The van der Waals surface area contributed by atoms with E-state index in [1.54, 1.807) is 11.1 Å². The molecule has 1 aliphatic heterocycles. The van der Waals surface area contributed by atoms with Gasteiger partial charge in [-0.3, -0.25) is 4.90 Å². The summed E-state index contributed by atoms with van der Waals surface area (Å²) in [5.41, 5.74) is 3.13. The second kappa shape index (κ2) is 4.24. The van der Waals surface area contributed by atoms with Gasteiger partial charge in [0.15, 0.2) is 0 Å². The molecule has 1 heteroatoms. The van der Waals surface area contributed by atoms with Gasteiger partial charge in [-0.1, -0.05) is 36.4 Å². The van der Waals surface area contributed by atoms with Crippen molar-refractivity contribution in [1.82, 2.24) is 4.90 Å². The highest BCUT2D eigenvalue weighted by atomic mass is 15.1. The van der Waals surface area contributed by atoms with E-state index in [-0.39, 0.29) is 0 Å². The third-order valence-corrected chi connectivity index (χ3v) is 5.12. The molecule has 0 spiro atoms. The van der Waals surface area contributed by atoms with Gasteiger partial charge in [0, 0.05) is 19.6 Å². The summed E-state index contributed by atoms with van der Waals surface area (Å²) in [6.45, 7) is 3.75. The third-order valence-electron chi connectivity index (χ3n) is 5.12. The van der Waals surface area contributed by atoms with Crippen LogP contribution in [-0.4, -0.2) is 18.0 Å². The molecule has 1 fully saturated rings. The molecule has 1 aromatic carbocycles. The number of allylic oxidation sites excluding steroid dienone is 2. The van der Waals surface area contributed by atoms with Gasteiger partial charge in [0.2, 0.25) is 0 Å². The van der Waals surface area contributed by atoms with Gasteiger partial charge in [-0.25, -0.2) is 0 Å². The maximum atomic E-state index is 2.68. The highest BCUT2D eigenvalue weighted by molar-refractivity contribution is 5.29. The monoisotopic (exact) mass is 239 g/mol. The first-order chi connectivity index (χ1) is 8.88. The van der Waals surface area contributed by atoms with E-state index in [4.69, 9.17) is 0 Å². The lowest BCUT2D eigenvalue weighted by Gasteiger charge is -2.32. The van der Waals surface area contributed by atoms with Crippen LogP contribution in [0.4, 0.5) is 0 Å². The van der Waals surface area contributed by atoms with E-state index in [1.165, 1.54) is 38.9 Å². The molecule has 94 valence electrons. The molecule has 2 bridgehead atoms. The summed E-state index contributed by atoms with van der Waals surface area (Å²) in [7, 11) is 0. The van der Waals surface area contributed by atoms with Crippen LogP contribution >= 0.6 is 0 Å². The van der Waals surface area contributed by atoms with Crippen LogP contribution in [0.1, 0.15) is 24.0 Å². The molecule has 3 aliphatic rings. The summed E-state index contributed by atoms with van der Waals surface area (Å²) in [5.74, 6) is 2.74. The Hall–Kier alpha value is -1.08. The van der Waals surface area contributed by atoms with Crippen LogP contribution in [-0.2, 0) is 13.0 Å². The van der Waals surface area contributed by atoms with Crippen molar-refractivity contribution in [2.75, 3.05) is 13.1 Å². The van der Waals surface area contributed by atoms with Crippen molar-refractivity contribution < 1.29 is 0 Å². The summed E-state index contributed by atoms with van der Waals surface area (Å²) in [6, 6.07) is 8.97. The minimum Gasteiger partial charge on any atom is -0.298 e. The van der Waals surface area contributed by atoms with Crippen molar-refractivity contribution in [2.45, 2.75) is 25.8 Å². The van der Waals surface area contributed by atoms with Crippen LogP contribution in [0.3, 0.4) is 0 Å². The fourth-order valence-corrected chi connectivity index (χ4v) is 4.15. The molecule has 4 rings (SSSR count). The molecule has 0 saturated heterocycles. The Morgan fingerprint density at radius 2 is 1.94 bits per heavy atom. The Bertz CT molecular complexity index is 476. The van der Waals surface area contributed by atoms with Gasteiger partial charge in [0.05, 0.1) is 0 Å². The Balaban J connectivity index is 1.44. The van der Waals surface area contributed by atoms with Crippen molar-refractivity contribution in [3.8, 4) is 0 Å². The molecular formula is C17H21N. The zero-order chi connectivity index (χ0) is 11.9. The predicted octanol–water partition coefficient (Wildman–Crippen LogP) is 3.26. The molecule has 3 atom stereocenters. The maximum absolute atomic E-state index is 2.68. The summed E-state index contributed by atoms with van der Waals surface area (Å²) >= 11 is 0. The first-order valence-corrected chi connectivity index (χ1v) is 7.36. The molecule has 1 heterocycles. The Labute approximate surface area is 109 Å². The molecule has 0 radical (unpaired) electrons. The predicted molar refractivity (Wildman–Crippen MR) is 74.3 cm³/mol. The zero-order valence-corrected chi connectivity index (χ0v) is 10.9. The van der Waals surface area contributed by atoms with E-state index >= 15 is 0 Å². The van der Waals surface area contributed by atoms with Crippen LogP contribution < -0.4 is 0 Å². The number of fused-ring (bicyclic) bond motifs is 3. The lowest BCUT2D eigenvalue weighted by molar-refractivity contribution is 0.199. The lowest BCUT2D eigenvalue weighted by Crippen LogP contribution is -2.35. The fraction of sp³-hybridized carbons (Fsp3) is 0.529. The Morgan fingerprint density at radius 3 is 2.72 bits per heavy atom. The van der Waals surface area contributed by atoms with E-state index in [2.05, 4.69) is 41.3 Å². The quantitative estimate of drug-likeness (QED) is 0.716. The van der Waals surface area contributed by atoms with E-state index in [9.17, 15) is 0 Å². The average Bonchev–Trinajstić information content (AvgIpc) is 3.01. The number of nitrogens with zero attached hydrogens (tertiary/aromatic N) is 1. The SMILES string of the molecule is C1=CC2CC1CC2CN1CCc2ccccc2C1. The number of rotatable bonds is 2. The van der Waals surface area contributed by atoms with Crippen LogP contribution in [0.15, 0.2) is 36.4 Å². The summed E-state index contributed by atoms with van der Waals surface area (Å²) < 4.78 is 0. The van der Waals surface area contributed by atoms with Gasteiger partial charge >= 0.3 is 0 Å². The van der Waals surface area contributed by atoms with Crippen molar-refractivity contribution in [2.24, 2.45) is 17.8 Å². The summed E-state index contributed by atoms with van der Waals surface area (Å²) in [6.07, 6.45) is 9.06. The van der Waals surface area contributed by atoms with Gasteiger partial charge in [-0.15, -0.1) is 0 Å². The minimum absolute atomic E-state index is 0.896. The second-order valence-electron chi connectivity index (χ2n) is 6.29. The Kier molecular flexibility index (Phi) is 2.54. The van der Waals surface area contributed by atoms with Gasteiger partial charge in [-0.2, -0.15) is 0 Å². The maximum Gasteiger partial charge on any atom is 0.0236 e. The van der Waals surface area contributed by atoms with Crippen LogP contribution in [0.5, 0.6) is 0 Å². The fourth-order valence-electron chi connectivity index (χ4n) is 4.15. The lowest BCUT2D eigenvalue weighted by atomic mass is 9.91. The highest BCUT2D eigenvalue weighted by Crippen LogP contribution is 2.43. The minimum atomic E-state index is 0.896. The van der Waals surface area contributed by atoms with Crippen molar-refractivity contribution >= 4 is 0 Å². The van der Waals surface area contributed by atoms with Gasteiger partial charge in [0.25, 0.3) is 0 Å². The number of hydrogen-bond acceptors (Lipinski definition) is 1. The molecule has 18 heavy (non-hydrogen) atoms. The van der Waals surface area contributed by atoms with Crippen LogP contribution in [0, 0.1) is 17.8 Å². The van der Waals surface area contributed by atoms with Crippen molar-refractivity contribution in [3.63, 3.8) is 0 Å². The van der Waals surface area contributed by atoms with Gasteiger partial charge in [-0.05, 0) is 48.1 Å². The molecule has 1 nitrogen and oxygen atoms in total. The van der Waals surface area contributed by atoms with E-state index < -0.39 is 0 Å². The standard InChI is InChI=1S/C17H21N/c1-2-4-16-11-18(8-7-14(16)3-1)12-17-10-13-5-6-15(17)9-13/h1-6,13,15,17H,7-12H2. The molecule has 3 unspecified atom stereocenters. The Morgan fingerprint density at radius 1 is 1.06 bits per heavy atom. The van der Waals surface area contributed by atoms with Crippen LogP contribution in [0.2, 0.25) is 0 Å². The van der Waals surface area contributed by atoms with Crippen molar-refractivity contribution in [1.29, 1.82) is 0 Å². The summed E-state index contributed by atoms with van der Waals surface area (Å²) in [5, 5.41) is 0. The van der Waals surface area contributed by atoms with E-state index in [1.807, 2.05) is 0 Å². The highest BCUT2D eigenvalue weighted by Gasteiger charge is 2.36. The third kappa shape index (κ3) is 1.81. The molecule has 1 saturated carbocycles.